The van der Waals surface area contributed by atoms with Crippen molar-refractivity contribution < 1.29 is 0 Å². The lowest BCUT2D eigenvalue weighted by Gasteiger charge is -2.54. The van der Waals surface area contributed by atoms with Gasteiger partial charge in [0, 0.05) is 40.6 Å². The Hall–Kier alpha value is -2.82. The molecule has 1 aromatic carbocycles. The molecule has 4 rings (SSSR count). The number of nitrogens with zero attached hydrogens (tertiary/aromatic N) is 3. The molecule has 4 heteroatoms. The van der Waals surface area contributed by atoms with Crippen LogP contribution in [0.1, 0.15) is 80.2 Å². The highest BCUT2D eigenvalue weighted by molar-refractivity contribution is 6.90. The summed E-state index contributed by atoms with van der Waals surface area (Å²) in [6.45, 7) is 20.2. The van der Waals surface area contributed by atoms with Crippen LogP contribution in [0.3, 0.4) is 0 Å². The molecule has 0 aromatic heterocycles. The van der Waals surface area contributed by atoms with E-state index >= 15 is 0 Å². The van der Waals surface area contributed by atoms with Crippen LogP contribution in [0.15, 0.2) is 70.1 Å². The molecule has 1 aromatic rings. The van der Waals surface area contributed by atoms with E-state index in [1.807, 2.05) is 17.1 Å². The molecule has 0 bridgehead atoms. The van der Waals surface area contributed by atoms with Crippen LogP contribution in [0.4, 0.5) is 5.69 Å². The number of hydrogen-bond donors (Lipinski definition) is 0. The highest BCUT2D eigenvalue weighted by Gasteiger charge is 2.64. The van der Waals surface area contributed by atoms with Gasteiger partial charge in [-0.1, -0.05) is 95.3 Å². The molecule has 200 valence electrons. The van der Waals surface area contributed by atoms with E-state index in [1.54, 1.807) is 0 Å². The molecule has 1 fully saturated rings. The first-order valence-electron chi connectivity index (χ1n) is 14.6. The molecule has 3 aliphatic rings. The zero-order chi connectivity index (χ0) is 27.6. The van der Waals surface area contributed by atoms with Crippen molar-refractivity contribution in [1.29, 1.82) is 0 Å². The predicted molar refractivity (Wildman–Crippen MR) is 164 cm³/mol. The Morgan fingerprint density at radius 1 is 0.789 bits per heavy atom. The summed E-state index contributed by atoms with van der Waals surface area (Å²) in [5.41, 5.74) is 10.4. The minimum absolute atomic E-state index is 0.0222. The molecule has 0 amide bonds. The van der Waals surface area contributed by atoms with Crippen LogP contribution in [0.5, 0.6) is 0 Å². The second-order valence-corrected chi connectivity index (χ2v) is 17.6. The van der Waals surface area contributed by atoms with E-state index in [-0.39, 0.29) is 10.8 Å². The van der Waals surface area contributed by atoms with Crippen LogP contribution >= 0.6 is 0 Å². The van der Waals surface area contributed by atoms with Gasteiger partial charge in [0.25, 0.3) is 0 Å². The maximum absolute atomic E-state index is 4.37. The first-order chi connectivity index (χ1) is 18.2. The molecule has 0 saturated heterocycles. The fourth-order valence-electron chi connectivity index (χ4n) is 7.41. The summed E-state index contributed by atoms with van der Waals surface area (Å²) in [5.74, 6) is 11.0. The van der Waals surface area contributed by atoms with E-state index in [9.17, 15) is 0 Å². The van der Waals surface area contributed by atoms with Gasteiger partial charge in [0.05, 0.1) is 5.69 Å². The minimum atomic E-state index is -1.83. The molecule has 3 aliphatic carbocycles. The first kappa shape index (κ1) is 28.2. The molecular formula is C34H45N3Si. The summed E-state index contributed by atoms with van der Waals surface area (Å²) in [5, 5.41) is 10.6. The number of benzene rings is 1. The van der Waals surface area contributed by atoms with E-state index in [0.717, 1.165) is 30.8 Å². The quantitative estimate of drug-likeness (QED) is 0.151. The fraction of sp³-hybridized carbons (Fsp3) is 0.529. The van der Waals surface area contributed by atoms with E-state index in [0.29, 0.717) is 16.6 Å². The third-order valence-corrected chi connectivity index (χ3v) is 15.7. The Bertz CT molecular complexity index is 1250. The standard InChI is InChI=1S/C34H45N3Si/c1-9-37(10-2)36-35-30-17-14-29(15-18-30)16-19-31-32(20-25-38(26(3)4,27(5)6)28(7)8)34-22-12-11-21-33(31,34)23-13-24-34/h11-12,14-15,17-18,21-22,26-28H,9-10,13,23-24H2,1-8H3/t33-,34+/m0/s1. The van der Waals surface area contributed by atoms with Gasteiger partial charge in [0.15, 0.2) is 0 Å². The third kappa shape index (κ3) is 4.52. The minimum Gasteiger partial charge on any atom is -0.279 e. The number of rotatable bonds is 7. The average Bonchev–Trinajstić information content (AvgIpc) is 3.24. The van der Waals surface area contributed by atoms with Crippen molar-refractivity contribution in [2.24, 2.45) is 21.2 Å². The largest absolute Gasteiger partial charge is 0.279 e. The molecule has 0 radical (unpaired) electrons. The summed E-state index contributed by atoms with van der Waals surface area (Å²) in [4.78, 5) is 0. The van der Waals surface area contributed by atoms with Gasteiger partial charge in [-0.2, -0.15) is 0 Å². The third-order valence-electron chi connectivity index (χ3n) is 9.44. The van der Waals surface area contributed by atoms with Crippen molar-refractivity contribution in [3.63, 3.8) is 0 Å². The van der Waals surface area contributed by atoms with Gasteiger partial charge in [-0.25, -0.2) is 0 Å². The van der Waals surface area contributed by atoms with Crippen LogP contribution in [0.25, 0.3) is 0 Å². The van der Waals surface area contributed by atoms with Gasteiger partial charge >= 0.3 is 0 Å². The summed E-state index contributed by atoms with van der Waals surface area (Å²) in [6.07, 6.45) is 12.9. The lowest BCUT2D eigenvalue weighted by molar-refractivity contribution is 0.232. The predicted octanol–water partition coefficient (Wildman–Crippen LogP) is 9.19. The molecule has 3 nitrogen and oxygen atoms in total. The monoisotopic (exact) mass is 523 g/mol. The first-order valence-corrected chi connectivity index (χ1v) is 16.8. The van der Waals surface area contributed by atoms with E-state index < -0.39 is 8.07 Å². The van der Waals surface area contributed by atoms with Crippen molar-refractivity contribution in [2.75, 3.05) is 13.1 Å². The Morgan fingerprint density at radius 2 is 1.32 bits per heavy atom. The normalized spacial score (nSPS) is 23.8. The van der Waals surface area contributed by atoms with E-state index in [1.165, 1.54) is 24.0 Å². The van der Waals surface area contributed by atoms with Crippen molar-refractivity contribution in [1.82, 2.24) is 5.01 Å². The smallest absolute Gasteiger partial charge is 0.146 e. The van der Waals surface area contributed by atoms with Crippen LogP contribution in [0, 0.1) is 34.1 Å². The SMILES string of the molecule is CCN(CC)N=Nc1ccc(C#CC2=C(C#C[Si](C(C)C)(C(C)C)C(C)C)[C@]34C=CC=C[C@]23CCC4)cc1. The molecule has 0 unspecified atom stereocenters. The molecule has 2 atom stereocenters. The highest BCUT2D eigenvalue weighted by Crippen LogP contribution is 2.71. The van der Waals surface area contributed by atoms with Gasteiger partial charge in [-0.3, -0.25) is 5.01 Å². The zero-order valence-electron chi connectivity index (χ0n) is 24.7. The Morgan fingerprint density at radius 3 is 1.82 bits per heavy atom. The second kappa shape index (κ2) is 11.1. The van der Waals surface area contributed by atoms with Crippen LogP contribution in [-0.2, 0) is 0 Å². The topological polar surface area (TPSA) is 28.0 Å². The van der Waals surface area contributed by atoms with Gasteiger partial charge in [-0.05, 0) is 67.6 Å². The Labute approximate surface area is 232 Å². The fourth-order valence-corrected chi connectivity index (χ4v) is 12.6. The molecule has 0 spiro atoms. The number of allylic oxidation sites excluding steroid dienone is 6. The van der Waals surface area contributed by atoms with E-state index in [2.05, 4.69) is 125 Å². The lowest BCUT2D eigenvalue weighted by Crippen LogP contribution is -2.49. The van der Waals surface area contributed by atoms with Crippen molar-refractivity contribution in [3.05, 3.63) is 65.3 Å². The number of hydrogen-bond acceptors (Lipinski definition) is 2. The van der Waals surface area contributed by atoms with Crippen molar-refractivity contribution >= 4 is 13.8 Å². The second-order valence-electron chi connectivity index (χ2n) is 12.0. The highest BCUT2D eigenvalue weighted by atomic mass is 28.3. The van der Waals surface area contributed by atoms with Crippen molar-refractivity contribution in [3.8, 4) is 23.3 Å². The van der Waals surface area contributed by atoms with Crippen LogP contribution in [-0.4, -0.2) is 26.2 Å². The Kier molecular flexibility index (Phi) is 8.25. The summed E-state index contributed by atoms with van der Waals surface area (Å²) < 4.78 is 0. The van der Waals surface area contributed by atoms with Gasteiger partial charge < -0.3 is 0 Å². The molecule has 1 saturated carbocycles. The molecule has 0 N–H and O–H groups in total. The maximum atomic E-state index is 4.37. The van der Waals surface area contributed by atoms with Crippen LogP contribution in [0.2, 0.25) is 16.6 Å². The van der Waals surface area contributed by atoms with E-state index in [4.69, 9.17) is 0 Å². The summed E-state index contributed by atoms with van der Waals surface area (Å²) in [7, 11) is -1.83. The Balaban J connectivity index is 1.74. The summed E-state index contributed by atoms with van der Waals surface area (Å²) >= 11 is 0. The lowest BCUT2D eigenvalue weighted by atomic mass is 9.47. The maximum Gasteiger partial charge on any atom is 0.146 e. The summed E-state index contributed by atoms with van der Waals surface area (Å²) in [6, 6.07) is 8.11. The van der Waals surface area contributed by atoms with Crippen LogP contribution < -0.4 is 0 Å². The average molecular weight is 524 g/mol. The van der Waals surface area contributed by atoms with Gasteiger partial charge in [0.1, 0.15) is 8.07 Å². The zero-order valence-corrected chi connectivity index (χ0v) is 25.7. The molecule has 0 heterocycles. The molecular weight excluding hydrogens is 478 g/mol. The van der Waals surface area contributed by atoms with Gasteiger partial charge in [-0.15, -0.1) is 10.7 Å². The van der Waals surface area contributed by atoms with Gasteiger partial charge in [0.2, 0.25) is 0 Å². The molecule has 0 aliphatic heterocycles. The molecule has 38 heavy (non-hydrogen) atoms. The van der Waals surface area contributed by atoms with Crippen molar-refractivity contribution in [2.45, 2.75) is 91.3 Å².